The maximum atomic E-state index is 6.09. The molecule has 1 aromatic rings. The molecule has 1 unspecified atom stereocenters. The molecule has 1 fully saturated rings. The topological polar surface area (TPSA) is 29.3 Å². The largest absolute Gasteiger partial charge is 0.368 e. The van der Waals surface area contributed by atoms with Crippen molar-refractivity contribution in [2.45, 2.75) is 45.1 Å². The van der Waals surface area contributed by atoms with Crippen molar-refractivity contribution in [1.82, 2.24) is 0 Å². The van der Waals surface area contributed by atoms with Crippen LogP contribution in [0.2, 0.25) is 0 Å². The van der Waals surface area contributed by atoms with Gasteiger partial charge < -0.3 is 10.6 Å². The standard InChI is InChI=1S/C16H24N2/c1-13-10-14-6-2-3-7-15(14)18(13)12-16(11-17)8-4-5-9-16/h2-3,6-7,13H,4-5,8-12,17H2,1H3. The van der Waals surface area contributed by atoms with E-state index in [1.54, 1.807) is 0 Å². The van der Waals surface area contributed by atoms with Gasteiger partial charge in [-0.25, -0.2) is 0 Å². The van der Waals surface area contributed by atoms with Crippen LogP contribution in [0.1, 0.15) is 38.2 Å². The molecule has 2 heteroatoms. The Hall–Kier alpha value is -1.02. The van der Waals surface area contributed by atoms with Gasteiger partial charge in [0.25, 0.3) is 0 Å². The van der Waals surface area contributed by atoms with Crippen molar-refractivity contribution in [1.29, 1.82) is 0 Å². The fourth-order valence-electron chi connectivity index (χ4n) is 3.78. The highest BCUT2D eigenvalue weighted by Crippen LogP contribution is 2.41. The molecule has 2 nitrogen and oxygen atoms in total. The number of nitrogens with two attached hydrogens (primary N) is 1. The van der Waals surface area contributed by atoms with Crippen LogP contribution in [0.4, 0.5) is 5.69 Å². The molecule has 0 aromatic heterocycles. The molecule has 0 radical (unpaired) electrons. The van der Waals surface area contributed by atoms with Crippen molar-refractivity contribution >= 4 is 5.69 Å². The summed E-state index contributed by atoms with van der Waals surface area (Å²) >= 11 is 0. The minimum absolute atomic E-state index is 0.381. The molecule has 2 N–H and O–H groups in total. The summed E-state index contributed by atoms with van der Waals surface area (Å²) < 4.78 is 0. The van der Waals surface area contributed by atoms with E-state index in [1.807, 2.05) is 0 Å². The van der Waals surface area contributed by atoms with E-state index in [1.165, 1.54) is 43.4 Å². The Morgan fingerprint density at radius 1 is 1.28 bits per heavy atom. The van der Waals surface area contributed by atoms with E-state index in [-0.39, 0.29) is 0 Å². The van der Waals surface area contributed by atoms with Gasteiger partial charge in [0, 0.05) is 23.7 Å². The minimum Gasteiger partial charge on any atom is -0.368 e. The van der Waals surface area contributed by atoms with E-state index in [9.17, 15) is 0 Å². The highest BCUT2D eigenvalue weighted by Gasteiger charge is 2.37. The number of para-hydroxylation sites is 1. The minimum atomic E-state index is 0.381. The third-order valence-electron chi connectivity index (χ3n) is 4.95. The Labute approximate surface area is 110 Å². The zero-order valence-corrected chi connectivity index (χ0v) is 11.4. The molecule has 1 aliphatic carbocycles. The Morgan fingerprint density at radius 3 is 2.72 bits per heavy atom. The molecule has 1 heterocycles. The van der Waals surface area contributed by atoms with E-state index >= 15 is 0 Å². The Balaban J connectivity index is 1.84. The van der Waals surface area contributed by atoms with Crippen molar-refractivity contribution in [3.8, 4) is 0 Å². The molecule has 0 bridgehead atoms. The van der Waals surface area contributed by atoms with Gasteiger partial charge in [0.2, 0.25) is 0 Å². The second-order valence-electron chi connectivity index (χ2n) is 6.22. The Morgan fingerprint density at radius 2 is 2.00 bits per heavy atom. The third-order valence-corrected chi connectivity index (χ3v) is 4.95. The number of nitrogens with zero attached hydrogens (tertiary/aromatic N) is 1. The van der Waals surface area contributed by atoms with Crippen molar-refractivity contribution in [2.75, 3.05) is 18.0 Å². The van der Waals surface area contributed by atoms with E-state index in [0.29, 0.717) is 11.5 Å². The average molecular weight is 244 g/mol. The summed E-state index contributed by atoms with van der Waals surface area (Å²) in [5.41, 5.74) is 9.42. The molecule has 2 aliphatic rings. The summed E-state index contributed by atoms with van der Waals surface area (Å²) in [6.07, 6.45) is 6.54. The van der Waals surface area contributed by atoms with Gasteiger partial charge >= 0.3 is 0 Å². The van der Waals surface area contributed by atoms with Gasteiger partial charge in [0.1, 0.15) is 0 Å². The number of hydrogen-bond donors (Lipinski definition) is 1. The normalized spacial score (nSPS) is 25.4. The van der Waals surface area contributed by atoms with Crippen LogP contribution in [0.15, 0.2) is 24.3 Å². The molecule has 18 heavy (non-hydrogen) atoms. The summed E-state index contributed by atoms with van der Waals surface area (Å²) in [7, 11) is 0. The molecule has 98 valence electrons. The predicted molar refractivity (Wildman–Crippen MR) is 76.9 cm³/mol. The molecule has 0 amide bonds. The fraction of sp³-hybridized carbons (Fsp3) is 0.625. The number of hydrogen-bond acceptors (Lipinski definition) is 2. The van der Waals surface area contributed by atoms with E-state index in [4.69, 9.17) is 5.73 Å². The number of fused-ring (bicyclic) bond motifs is 1. The fourth-order valence-corrected chi connectivity index (χ4v) is 3.78. The zero-order chi connectivity index (χ0) is 12.6. The van der Waals surface area contributed by atoms with Gasteiger partial charge in [-0.2, -0.15) is 0 Å². The number of rotatable bonds is 3. The van der Waals surface area contributed by atoms with Crippen LogP contribution in [0.25, 0.3) is 0 Å². The van der Waals surface area contributed by atoms with Gasteiger partial charge in [-0.05, 0) is 44.4 Å². The first-order chi connectivity index (χ1) is 8.74. The lowest BCUT2D eigenvalue weighted by molar-refractivity contribution is 0.306. The van der Waals surface area contributed by atoms with Crippen LogP contribution in [0, 0.1) is 5.41 Å². The third kappa shape index (κ3) is 1.93. The summed E-state index contributed by atoms with van der Waals surface area (Å²) in [6, 6.07) is 9.50. The van der Waals surface area contributed by atoms with E-state index in [2.05, 4.69) is 36.1 Å². The molecular weight excluding hydrogens is 220 g/mol. The molecule has 0 spiro atoms. The molecule has 3 rings (SSSR count). The molecule has 0 saturated heterocycles. The maximum absolute atomic E-state index is 6.09. The molecule has 1 saturated carbocycles. The predicted octanol–water partition coefficient (Wildman–Crippen LogP) is 2.96. The molecule has 1 aliphatic heterocycles. The van der Waals surface area contributed by atoms with Crippen LogP contribution >= 0.6 is 0 Å². The van der Waals surface area contributed by atoms with Crippen molar-refractivity contribution in [2.24, 2.45) is 11.1 Å². The quantitative estimate of drug-likeness (QED) is 0.885. The van der Waals surface area contributed by atoms with Gasteiger partial charge in [0.15, 0.2) is 0 Å². The first kappa shape index (κ1) is 12.0. The van der Waals surface area contributed by atoms with Crippen LogP contribution in [0.3, 0.4) is 0 Å². The lowest BCUT2D eigenvalue weighted by Crippen LogP contribution is -2.43. The first-order valence-corrected chi connectivity index (χ1v) is 7.29. The summed E-state index contributed by atoms with van der Waals surface area (Å²) in [4.78, 5) is 2.60. The van der Waals surface area contributed by atoms with Crippen molar-refractivity contribution in [3.63, 3.8) is 0 Å². The van der Waals surface area contributed by atoms with Crippen LogP contribution in [0.5, 0.6) is 0 Å². The average Bonchev–Trinajstić information content (AvgIpc) is 2.97. The van der Waals surface area contributed by atoms with E-state index < -0.39 is 0 Å². The van der Waals surface area contributed by atoms with Crippen molar-refractivity contribution in [3.05, 3.63) is 29.8 Å². The Bertz CT molecular complexity index is 421. The van der Waals surface area contributed by atoms with Crippen LogP contribution in [-0.2, 0) is 6.42 Å². The number of anilines is 1. The second kappa shape index (κ2) is 4.58. The van der Waals surface area contributed by atoms with Crippen LogP contribution in [-0.4, -0.2) is 19.1 Å². The summed E-state index contributed by atoms with van der Waals surface area (Å²) in [5.74, 6) is 0. The highest BCUT2D eigenvalue weighted by molar-refractivity contribution is 5.59. The van der Waals surface area contributed by atoms with Gasteiger partial charge in [-0.3, -0.25) is 0 Å². The van der Waals surface area contributed by atoms with Gasteiger partial charge in [0.05, 0.1) is 0 Å². The first-order valence-electron chi connectivity index (χ1n) is 7.29. The molecular formula is C16H24N2. The van der Waals surface area contributed by atoms with Crippen molar-refractivity contribution < 1.29 is 0 Å². The molecule has 1 atom stereocenters. The van der Waals surface area contributed by atoms with Gasteiger partial charge in [-0.1, -0.05) is 31.0 Å². The van der Waals surface area contributed by atoms with E-state index in [0.717, 1.165) is 13.1 Å². The lowest BCUT2D eigenvalue weighted by Gasteiger charge is -2.36. The summed E-state index contributed by atoms with van der Waals surface area (Å²) in [5, 5.41) is 0. The zero-order valence-electron chi connectivity index (χ0n) is 11.4. The monoisotopic (exact) mass is 244 g/mol. The lowest BCUT2D eigenvalue weighted by atomic mass is 9.85. The highest BCUT2D eigenvalue weighted by atomic mass is 15.2. The number of benzene rings is 1. The van der Waals surface area contributed by atoms with Gasteiger partial charge in [-0.15, -0.1) is 0 Å². The second-order valence-corrected chi connectivity index (χ2v) is 6.22. The molecule has 1 aromatic carbocycles. The smallest absolute Gasteiger partial charge is 0.0402 e. The summed E-state index contributed by atoms with van der Waals surface area (Å²) in [6.45, 7) is 4.35. The maximum Gasteiger partial charge on any atom is 0.0402 e. The van der Waals surface area contributed by atoms with Crippen LogP contribution < -0.4 is 10.6 Å². The Kier molecular flexibility index (Phi) is 3.06. The SMILES string of the molecule is CC1Cc2ccccc2N1CC1(CN)CCCC1.